The summed E-state index contributed by atoms with van der Waals surface area (Å²) in [5.74, 6) is 2.33. The molecule has 2 rings (SSSR count). The van der Waals surface area contributed by atoms with E-state index in [1.54, 1.807) is 0 Å². The van der Waals surface area contributed by atoms with E-state index in [9.17, 15) is 0 Å². The molecule has 12 heavy (non-hydrogen) atoms. The van der Waals surface area contributed by atoms with Gasteiger partial charge in [0, 0.05) is 16.1 Å². The summed E-state index contributed by atoms with van der Waals surface area (Å²) >= 11 is 4.00. The molecule has 0 amide bonds. The van der Waals surface area contributed by atoms with E-state index in [1.807, 2.05) is 23.5 Å². The zero-order chi connectivity index (χ0) is 8.39. The lowest BCUT2D eigenvalue weighted by Gasteiger charge is -2.07. The van der Waals surface area contributed by atoms with Crippen molar-refractivity contribution in [1.82, 2.24) is 0 Å². The Bertz CT molecular complexity index is 130. The van der Waals surface area contributed by atoms with E-state index in [1.165, 1.54) is 11.5 Å². The van der Waals surface area contributed by atoms with E-state index < -0.39 is 0 Å². The molecule has 2 aliphatic rings. The van der Waals surface area contributed by atoms with Gasteiger partial charge < -0.3 is 9.47 Å². The molecule has 70 valence electrons. The fourth-order valence-electron chi connectivity index (χ4n) is 0.862. The lowest BCUT2D eigenvalue weighted by molar-refractivity contribution is 0.426. The molecular weight excluding hydrogens is 192 g/mol. The first-order valence-electron chi connectivity index (χ1n) is 4.31. The first-order chi connectivity index (χ1) is 5.84. The average molecular weight is 206 g/mol. The molecule has 2 nitrogen and oxygen atoms in total. The highest BCUT2D eigenvalue weighted by Gasteiger charge is 2.25. The number of rotatable bonds is 6. The van der Waals surface area contributed by atoms with E-state index in [2.05, 4.69) is 6.92 Å². The first kappa shape index (κ1) is 9.19. The van der Waals surface area contributed by atoms with Crippen LogP contribution in [0.4, 0.5) is 0 Å². The van der Waals surface area contributed by atoms with Crippen molar-refractivity contribution in [2.45, 2.75) is 23.7 Å². The summed E-state index contributed by atoms with van der Waals surface area (Å²) in [5.41, 5.74) is 0. The van der Waals surface area contributed by atoms with E-state index in [0.717, 1.165) is 13.2 Å². The molecule has 0 N–H and O–H groups in total. The molecule has 0 aromatic heterocycles. The van der Waals surface area contributed by atoms with Crippen LogP contribution in [0.3, 0.4) is 0 Å². The van der Waals surface area contributed by atoms with Gasteiger partial charge in [0.05, 0.1) is 25.4 Å². The quantitative estimate of drug-likeness (QED) is 0.487. The highest BCUT2D eigenvalue weighted by Crippen LogP contribution is 2.29. The third kappa shape index (κ3) is 3.56. The lowest BCUT2D eigenvalue weighted by Crippen LogP contribution is -2.00. The minimum absolute atomic E-state index is 0.565. The van der Waals surface area contributed by atoms with Crippen LogP contribution >= 0.6 is 23.5 Å². The van der Waals surface area contributed by atoms with Gasteiger partial charge in [-0.25, -0.2) is 0 Å². The zero-order valence-corrected chi connectivity index (χ0v) is 8.83. The topological polar surface area (TPSA) is 25.1 Å². The highest BCUT2D eigenvalue weighted by atomic mass is 32.2. The molecule has 0 aromatic carbocycles. The molecule has 0 aromatic rings. The Morgan fingerprint density at radius 3 is 1.92 bits per heavy atom. The van der Waals surface area contributed by atoms with Gasteiger partial charge in [-0.3, -0.25) is 0 Å². The summed E-state index contributed by atoms with van der Waals surface area (Å²) in [6.45, 7) is 4.23. The smallest absolute Gasteiger partial charge is 0.0900 e. The summed E-state index contributed by atoms with van der Waals surface area (Å²) in [6, 6.07) is 0. The van der Waals surface area contributed by atoms with Gasteiger partial charge in [-0.1, -0.05) is 0 Å². The molecule has 2 saturated heterocycles. The number of hydrogen-bond acceptors (Lipinski definition) is 4. The Labute approximate surface area is 81.8 Å². The second kappa shape index (κ2) is 4.22. The largest absolute Gasteiger partial charge is 0.372 e. The molecule has 0 radical (unpaired) electrons. The van der Waals surface area contributed by atoms with Crippen LogP contribution in [0.2, 0.25) is 0 Å². The summed E-state index contributed by atoms with van der Waals surface area (Å²) in [7, 11) is 0. The molecule has 2 heterocycles. The fraction of sp³-hybridized carbons (Fsp3) is 1.00. The van der Waals surface area contributed by atoms with Gasteiger partial charge in [-0.2, -0.15) is 0 Å². The maximum atomic E-state index is 5.14. The summed E-state index contributed by atoms with van der Waals surface area (Å²) in [6.07, 6.45) is 1.13. The standard InChI is InChI=1S/C8H14O2S2/c1-6(11-4-7-2-9-7)12-5-8-3-10-8/h6-8H,2-5H2,1H3. The summed E-state index contributed by atoms with van der Waals surface area (Å²) in [5, 5.41) is 0. The van der Waals surface area contributed by atoms with Crippen LogP contribution in [0.15, 0.2) is 0 Å². The van der Waals surface area contributed by atoms with Crippen molar-refractivity contribution >= 4 is 23.5 Å². The van der Waals surface area contributed by atoms with Gasteiger partial charge in [0.2, 0.25) is 0 Å². The zero-order valence-electron chi connectivity index (χ0n) is 7.19. The van der Waals surface area contributed by atoms with Gasteiger partial charge in [0.1, 0.15) is 0 Å². The van der Waals surface area contributed by atoms with Crippen molar-refractivity contribution in [2.24, 2.45) is 0 Å². The van der Waals surface area contributed by atoms with Crippen LogP contribution in [0.1, 0.15) is 6.92 Å². The van der Waals surface area contributed by atoms with Crippen LogP contribution in [0.25, 0.3) is 0 Å². The van der Waals surface area contributed by atoms with Gasteiger partial charge in [0.15, 0.2) is 0 Å². The maximum absolute atomic E-state index is 5.14. The number of epoxide rings is 2. The van der Waals surface area contributed by atoms with Crippen LogP contribution in [-0.4, -0.2) is 41.5 Å². The van der Waals surface area contributed by atoms with E-state index in [4.69, 9.17) is 9.47 Å². The van der Waals surface area contributed by atoms with Crippen LogP contribution < -0.4 is 0 Å². The lowest BCUT2D eigenvalue weighted by atomic mass is 10.6. The second-order valence-corrected chi connectivity index (χ2v) is 6.19. The third-order valence-electron chi connectivity index (χ3n) is 1.84. The van der Waals surface area contributed by atoms with Crippen molar-refractivity contribution in [3.05, 3.63) is 0 Å². The van der Waals surface area contributed by atoms with Crippen molar-refractivity contribution in [3.8, 4) is 0 Å². The molecule has 0 aliphatic carbocycles. The normalized spacial score (nSPS) is 34.8. The van der Waals surface area contributed by atoms with Crippen LogP contribution in [0.5, 0.6) is 0 Å². The number of ether oxygens (including phenoxy) is 2. The molecule has 2 atom stereocenters. The second-order valence-electron chi connectivity index (χ2n) is 3.14. The monoisotopic (exact) mass is 206 g/mol. The Morgan fingerprint density at radius 2 is 1.58 bits per heavy atom. The van der Waals surface area contributed by atoms with Gasteiger partial charge in [0.25, 0.3) is 0 Å². The highest BCUT2D eigenvalue weighted by molar-refractivity contribution is 8.17. The average Bonchev–Trinajstić information content (AvgIpc) is 2.89. The number of thioether (sulfide) groups is 2. The van der Waals surface area contributed by atoms with Crippen molar-refractivity contribution in [1.29, 1.82) is 0 Å². The molecule has 0 bridgehead atoms. The SMILES string of the molecule is CC(SCC1CO1)SCC1CO1. The Morgan fingerprint density at radius 1 is 1.17 bits per heavy atom. The molecule has 2 aliphatic heterocycles. The van der Waals surface area contributed by atoms with Gasteiger partial charge in [-0.05, 0) is 6.92 Å². The summed E-state index contributed by atoms with van der Waals surface area (Å²) in [4.78, 5) is 0. The Balaban J connectivity index is 1.47. The molecule has 2 unspecified atom stereocenters. The molecular formula is C8H14O2S2. The van der Waals surface area contributed by atoms with Gasteiger partial charge in [-0.15, -0.1) is 23.5 Å². The third-order valence-corrected chi connectivity index (χ3v) is 4.72. The van der Waals surface area contributed by atoms with Crippen molar-refractivity contribution < 1.29 is 9.47 Å². The molecule has 0 spiro atoms. The minimum atomic E-state index is 0.565. The minimum Gasteiger partial charge on any atom is -0.372 e. The maximum Gasteiger partial charge on any atom is 0.0900 e. The van der Waals surface area contributed by atoms with E-state index in [-0.39, 0.29) is 0 Å². The first-order valence-corrected chi connectivity index (χ1v) is 6.41. The Kier molecular flexibility index (Phi) is 3.23. The van der Waals surface area contributed by atoms with E-state index >= 15 is 0 Å². The Hall–Kier alpha value is 0.620. The van der Waals surface area contributed by atoms with Crippen LogP contribution in [-0.2, 0) is 9.47 Å². The van der Waals surface area contributed by atoms with Gasteiger partial charge >= 0.3 is 0 Å². The predicted molar refractivity (Wildman–Crippen MR) is 53.9 cm³/mol. The van der Waals surface area contributed by atoms with E-state index in [0.29, 0.717) is 16.8 Å². The predicted octanol–water partition coefficient (Wildman–Crippen LogP) is 1.60. The van der Waals surface area contributed by atoms with Crippen LogP contribution in [0, 0.1) is 0 Å². The fourth-order valence-corrected chi connectivity index (χ4v) is 3.07. The number of hydrogen-bond donors (Lipinski definition) is 0. The van der Waals surface area contributed by atoms with Crippen molar-refractivity contribution in [3.63, 3.8) is 0 Å². The molecule has 0 saturated carbocycles. The summed E-state index contributed by atoms with van der Waals surface area (Å²) < 4.78 is 11.0. The van der Waals surface area contributed by atoms with Crippen molar-refractivity contribution in [2.75, 3.05) is 24.7 Å². The molecule has 2 fully saturated rings. The molecule has 4 heteroatoms.